The van der Waals surface area contributed by atoms with Crippen LogP contribution in [0.3, 0.4) is 0 Å². The fraction of sp³-hybridized carbons (Fsp3) is 0.353. The minimum atomic E-state index is 0.153. The number of rotatable bonds is 4. The molecule has 1 fully saturated rings. The number of imidazole rings is 1. The zero-order chi connectivity index (χ0) is 16.5. The largest absolute Gasteiger partial charge is 0.380 e. The lowest BCUT2D eigenvalue weighted by Gasteiger charge is -2.14. The number of nitrogens with zero attached hydrogens (tertiary/aromatic N) is 5. The van der Waals surface area contributed by atoms with Gasteiger partial charge in [-0.3, -0.25) is 4.90 Å². The van der Waals surface area contributed by atoms with Crippen molar-refractivity contribution >= 4 is 17.4 Å². The van der Waals surface area contributed by atoms with E-state index in [9.17, 15) is 0 Å². The summed E-state index contributed by atoms with van der Waals surface area (Å²) in [6.07, 6.45) is 5.14. The number of anilines is 2. The Bertz CT molecular complexity index is 847. The van der Waals surface area contributed by atoms with Crippen LogP contribution in [0, 0.1) is 0 Å². The van der Waals surface area contributed by atoms with Crippen LogP contribution in [0.25, 0.3) is 5.65 Å². The molecule has 0 aliphatic carbocycles. The highest BCUT2D eigenvalue weighted by molar-refractivity contribution is 5.60. The van der Waals surface area contributed by atoms with Crippen LogP contribution in [-0.2, 0) is 13.0 Å². The van der Waals surface area contributed by atoms with Crippen LogP contribution < -0.4 is 11.5 Å². The molecule has 24 heavy (non-hydrogen) atoms. The summed E-state index contributed by atoms with van der Waals surface area (Å²) in [6, 6.07) is 8.74. The number of fused-ring (bicyclic) bond motifs is 1. The zero-order valence-corrected chi connectivity index (χ0v) is 13.5. The Morgan fingerprint density at radius 2 is 1.71 bits per heavy atom. The second-order valence-corrected chi connectivity index (χ2v) is 6.32. The number of aromatic nitrogens is 4. The number of hydrogen-bond acceptors (Lipinski definition) is 6. The van der Waals surface area contributed by atoms with Gasteiger partial charge >= 0.3 is 0 Å². The van der Waals surface area contributed by atoms with Crippen molar-refractivity contribution in [3.05, 3.63) is 47.3 Å². The van der Waals surface area contributed by atoms with Crippen LogP contribution in [-0.4, -0.2) is 37.6 Å². The molecule has 0 radical (unpaired) electrons. The Kier molecular flexibility index (Phi) is 3.78. The maximum Gasteiger partial charge on any atom is 0.240 e. The van der Waals surface area contributed by atoms with Crippen LogP contribution in [0.1, 0.15) is 29.7 Å². The van der Waals surface area contributed by atoms with Gasteiger partial charge in [-0.05, 0) is 37.1 Å². The van der Waals surface area contributed by atoms with Crippen LogP contribution in [0.4, 0.5) is 11.8 Å². The SMILES string of the molecule is Nc1nc(N)c2ncc(Cc3ccc(CN4CCCC4)cc3)n2n1. The highest BCUT2D eigenvalue weighted by Crippen LogP contribution is 2.17. The van der Waals surface area contributed by atoms with E-state index < -0.39 is 0 Å². The molecule has 0 bridgehead atoms. The summed E-state index contributed by atoms with van der Waals surface area (Å²) < 4.78 is 1.68. The normalized spacial score (nSPS) is 15.3. The molecule has 1 aliphatic rings. The molecule has 1 aliphatic heterocycles. The van der Waals surface area contributed by atoms with Gasteiger partial charge in [0.1, 0.15) is 0 Å². The van der Waals surface area contributed by atoms with E-state index in [1.54, 1.807) is 10.7 Å². The lowest BCUT2D eigenvalue weighted by atomic mass is 10.1. The van der Waals surface area contributed by atoms with Gasteiger partial charge in [-0.2, -0.15) is 4.98 Å². The van der Waals surface area contributed by atoms with E-state index in [0.29, 0.717) is 11.5 Å². The Balaban J connectivity index is 1.53. The van der Waals surface area contributed by atoms with Crippen molar-refractivity contribution < 1.29 is 0 Å². The second-order valence-electron chi connectivity index (χ2n) is 6.32. The molecule has 2 aromatic heterocycles. The fourth-order valence-electron chi connectivity index (χ4n) is 3.26. The number of nitrogen functional groups attached to an aromatic ring is 2. The van der Waals surface area contributed by atoms with Gasteiger partial charge in [0.15, 0.2) is 11.5 Å². The molecule has 0 amide bonds. The standard InChI is InChI=1S/C17H21N7/c18-15-16-20-10-14(24(16)22-17(19)21-15)9-12-3-5-13(6-4-12)11-23-7-1-2-8-23/h3-6,10H,1-2,7-9,11H2,(H4,18,19,21,22). The van der Waals surface area contributed by atoms with E-state index in [1.165, 1.54) is 37.1 Å². The van der Waals surface area contributed by atoms with Crippen molar-refractivity contribution in [1.29, 1.82) is 0 Å². The summed E-state index contributed by atoms with van der Waals surface area (Å²) in [5, 5.41) is 4.21. The minimum absolute atomic E-state index is 0.153. The van der Waals surface area contributed by atoms with E-state index in [1.807, 2.05) is 0 Å². The summed E-state index contributed by atoms with van der Waals surface area (Å²) in [6.45, 7) is 3.47. The maximum atomic E-state index is 5.84. The van der Waals surface area contributed by atoms with Gasteiger partial charge < -0.3 is 11.5 Å². The third kappa shape index (κ3) is 2.90. The zero-order valence-electron chi connectivity index (χ0n) is 13.5. The molecule has 7 heteroatoms. The van der Waals surface area contributed by atoms with Crippen molar-refractivity contribution in [3.63, 3.8) is 0 Å². The first kappa shape index (κ1) is 14.9. The van der Waals surface area contributed by atoms with Crippen molar-refractivity contribution in [3.8, 4) is 0 Å². The third-order valence-corrected chi connectivity index (χ3v) is 4.49. The van der Waals surface area contributed by atoms with E-state index in [0.717, 1.165) is 18.7 Å². The molecule has 7 nitrogen and oxygen atoms in total. The quantitative estimate of drug-likeness (QED) is 0.754. The third-order valence-electron chi connectivity index (χ3n) is 4.49. The molecule has 0 spiro atoms. The van der Waals surface area contributed by atoms with Crippen LogP contribution >= 0.6 is 0 Å². The summed E-state index contributed by atoms with van der Waals surface area (Å²) in [5.41, 5.74) is 15.6. The van der Waals surface area contributed by atoms with Gasteiger partial charge in [0.25, 0.3) is 0 Å². The Morgan fingerprint density at radius 3 is 2.46 bits per heavy atom. The fourth-order valence-corrected chi connectivity index (χ4v) is 3.26. The average Bonchev–Trinajstić information content (AvgIpc) is 3.20. The molecule has 0 atom stereocenters. The minimum Gasteiger partial charge on any atom is -0.380 e. The predicted octanol–water partition coefficient (Wildman–Crippen LogP) is 1.48. The molecule has 1 aromatic carbocycles. The maximum absolute atomic E-state index is 5.84. The number of likely N-dealkylation sites (tertiary alicyclic amines) is 1. The van der Waals surface area contributed by atoms with Gasteiger partial charge in [-0.25, -0.2) is 9.50 Å². The van der Waals surface area contributed by atoms with Gasteiger partial charge in [0.05, 0.1) is 11.9 Å². The second kappa shape index (κ2) is 6.09. The smallest absolute Gasteiger partial charge is 0.240 e. The predicted molar refractivity (Wildman–Crippen MR) is 93.4 cm³/mol. The number of nitrogens with two attached hydrogens (primary N) is 2. The molecule has 3 aromatic rings. The first-order chi connectivity index (χ1) is 11.7. The molecule has 4 rings (SSSR count). The summed E-state index contributed by atoms with van der Waals surface area (Å²) in [4.78, 5) is 10.7. The molecule has 124 valence electrons. The van der Waals surface area contributed by atoms with E-state index in [4.69, 9.17) is 11.5 Å². The molecular formula is C17H21N7. The van der Waals surface area contributed by atoms with Gasteiger partial charge in [0, 0.05) is 13.0 Å². The first-order valence-corrected chi connectivity index (χ1v) is 8.25. The molecule has 4 N–H and O–H groups in total. The van der Waals surface area contributed by atoms with Gasteiger partial charge in [0.2, 0.25) is 5.95 Å². The lowest BCUT2D eigenvalue weighted by Crippen LogP contribution is -2.18. The highest BCUT2D eigenvalue weighted by atomic mass is 15.3. The molecule has 0 unspecified atom stereocenters. The van der Waals surface area contributed by atoms with Crippen LogP contribution in [0.15, 0.2) is 30.5 Å². The highest BCUT2D eigenvalue weighted by Gasteiger charge is 2.12. The van der Waals surface area contributed by atoms with Gasteiger partial charge in [-0.1, -0.05) is 24.3 Å². The molecule has 0 saturated carbocycles. The molecule has 3 heterocycles. The van der Waals surface area contributed by atoms with E-state index >= 15 is 0 Å². The number of benzene rings is 1. The molecule has 1 saturated heterocycles. The van der Waals surface area contributed by atoms with Crippen molar-refractivity contribution in [2.75, 3.05) is 24.6 Å². The molecular weight excluding hydrogens is 302 g/mol. The van der Waals surface area contributed by atoms with Crippen LogP contribution in [0.5, 0.6) is 0 Å². The summed E-state index contributed by atoms with van der Waals surface area (Å²) in [5.74, 6) is 0.454. The summed E-state index contributed by atoms with van der Waals surface area (Å²) in [7, 11) is 0. The van der Waals surface area contributed by atoms with Gasteiger partial charge in [-0.15, -0.1) is 5.10 Å². The Labute approximate surface area is 140 Å². The summed E-state index contributed by atoms with van der Waals surface area (Å²) >= 11 is 0. The van der Waals surface area contributed by atoms with Crippen molar-refractivity contribution in [1.82, 2.24) is 24.5 Å². The Morgan fingerprint density at radius 1 is 1.00 bits per heavy atom. The topological polar surface area (TPSA) is 98.4 Å². The average molecular weight is 323 g/mol. The van der Waals surface area contributed by atoms with E-state index in [-0.39, 0.29) is 5.95 Å². The monoisotopic (exact) mass is 323 g/mol. The lowest BCUT2D eigenvalue weighted by molar-refractivity contribution is 0.331. The first-order valence-electron chi connectivity index (χ1n) is 8.25. The Hall–Kier alpha value is -2.67. The van der Waals surface area contributed by atoms with Crippen LogP contribution in [0.2, 0.25) is 0 Å². The van der Waals surface area contributed by atoms with Crippen molar-refractivity contribution in [2.24, 2.45) is 0 Å². The number of hydrogen-bond donors (Lipinski definition) is 2. The van der Waals surface area contributed by atoms with E-state index in [2.05, 4.69) is 44.2 Å². The van der Waals surface area contributed by atoms with Crippen molar-refractivity contribution in [2.45, 2.75) is 25.8 Å².